The lowest BCUT2D eigenvalue weighted by Crippen LogP contribution is -2.35. The molecule has 0 saturated heterocycles. The van der Waals surface area contributed by atoms with Crippen LogP contribution in [0.1, 0.15) is 69.9 Å². The van der Waals surface area contributed by atoms with E-state index in [1.54, 1.807) is 18.4 Å². The van der Waals surface area contributed by atoms with Crippen LogP contribution in [0.5, 0.6) is 5.75 Å². The van der Waals surface area contributed by atoms with E-state index in [0.717, 1.165) is 59.4 Å². The van der Waals surface area contributed by atoms with Crippen LogP contribution >= 0.6 is 11.3 Å². The minimum absolute atomic E-state index is 0.146. The molecule has 0 bridgehead atoms. The van der Waals surface area contributed by atoms with Gasteiger partial charge in [0.05, 0.1) is 28.7 Å². The van der Waals surface area contributed by atoms with E-state index >= 15 is 0 Å². The second-order valence-electron chi connectivity index (χ2n) is 9.41. The topological polar surface area (TPSA) is 83.5 Å². The van der Waals surface area contributed by atoms with Crippen LogP contribution in [-0.4, -0.2) is 40.1 Å². The predicted molar refractivity (Wildman–Crippen MR) is 136 cm³/mol. The molecule has 1 aromatic carbocycles. The molecule has 6 nitrogen and oxygen atoms in total. The molecule has 33 heavy (non-hydrogen) atoms. The van der Waals surface area contributed by atoms with Crippen molar-refractivity contribution in [3.8, 4) is 16.2 Å². The van der Waals surface area contributed by atoms with Gasteiger partial charge in [-0.3, -0.25) is 0 Å². The number of aromatic nitrogens is 1. The van der Waals surface area contributed by atoms with Gasteiger partial charge >= 0.3 is 0 Å². The monoisotopic (exact) mass is 491 g/mol. The summed E-state index contributed by atoms with van der Waals surface area (Å²) < 4.78 is 21.9. The zero-order chi connectivity index (χ0) is 23.2. The molecule has 2 aliphatic carbocycles. The Balaban J connectivity index is 1.43. The summed E-state index contributed by atoms with van der Waals surface area (Å²) in [6.45, 7) is 3.00. The van der Waals surface area contributed by atoms with Crippen molar-refractivity contribution in [1.29, 1.82) is 0 Å². The normalized spacial score (nSPS) is 22.8. The highest BCUT2D eigenvalue weighted by atomic mass is 32.2. The number of ether oxygens (including phenoxy) is 1. The number of nitrogens with zero attached hydrogens (tertiary/aromatic N) is 1. The molecule has 182 valence electrons. The third-order valence-corrected chi connectivity index (χ3v) is 9.38. The molecule has 4 rings (SSSR count). The van der Waals surface area contributed by atoms with Gasteiger partial charge in [0.25, 0.3) is 0 Å². The van der Waals surface area contributed by atoms with Gasteiger partial charge in [0.2, 0.25) is 0 Å². The van der Waals surface area contributed by atoms with Gasteiger partial charge in [-0.2, -0.15) is 0 Å². The highest BCUT2D eigenvalue weighted by molar-refractivity contribution is 7.83. The molecule has 0 spiro atoms. The van der Waals surface area contributed by atoms with Gasteiger partial charge in [0.1, 0.15) is 16.7 Å². The maximum Gasteiger partial charge on any atom is 0.183 e. The molecule has 2 aromatic rings. The van der Waals surface area contributed by atoms with Gasteiger partial charge in [-0.1, -0.05) is 43.4 Å². The van der Waals surface area contributed by atoms with Crippen LogP contribution in [0.15, 0.2) is 23.1 Å². The molecule has 2 aliphatic rings. The standard InChI is InChI=1S/C25H37N3O3S2/c1-17-24(32-25(27-17)26-15-14-18-6-4-3-5-7-18)19-8-13-22(31-2)23(16-19)33(30)28-20-9-11-21(29)12-10-20/h8,13,16,18,20-21,28-29H,3-7,9-12,14-15H2,1-2H3,(H,26,27). The molecule has 3 N–H and O–H groups in total. The summed E-state index contributed by atoms with van der Waals surface area (Å²) in [6, 6.07) is 6.02. The Morgan fingerprint density at radius 1 is 1.15 bits per heavy atom. The number of aryl methyl sites for hydroxylation is 1. The van der Waals surface area contributed by atoms with Crippen LogP contribution in [0.2, 0.25) is 0 Å². The van der Waals surface area contributed by atoms with Gasteiger partial charge in [-0.15, -0.1) is 0 Å². The van der Waals surface area contributed by atoms with Crippen LogP contribution < -0.4 is 14.8 Å². The van der Waals surface area contributed by atoms with Crippen LogP contribution in [0.25, 0.3) is 10.4 Å². The first-order valence-corrected chi connectivity index (χ1v) is 14.3. The van der Waals surface area contributed by atoms with Gasteiger partial charge in [0.15, 0.2) is 5.13 Å². The summed E-state index contributed by atoms with van der Waals surface area (Å²) in [5, 5.41) is 14.2. The fourth-order valence-corrected chi connectivity index (χ4v) is 7.19. The number of rotatable bonds is 9. The minimum Gasteiger partial charge on any atom is -0.495 e. The minimum atomic E-state index is -1.38. The van der Waals surface area contributed by atoms with E-state index in [4.69, 9.17) is 9.72 Å². The Morgan fingerprint density at radius 2 is 1.91 bits per heavy atom. The predicted octanol–water partition coefficient (Wildman–Crippen LogP) is 5.43. The smallest absolute Gasteiger partial charge is 0.183 e. The molecular formula is C25H37N3O3S2. The van der Waals surface area contributed by atoms with Gasteiger partial charge in [-0.05, 0) is 68.7 Å². The first-order valence-electron chi connectivity index (χ1n) is 12.3. The zero-order valence-corrected chi connectivity index (χ0v) is 21.4. The largest absolute Gasteiger partial charge is 0.495 e. The summed E-state index contributed by atoms with van der Waals surface area (Å²) in [5.74, 6) is 1.47. The first-order chi connectivity index (χ1) is 16.0. The van der Waals surface area contributed by atoms with Crippen LogP contribution in [-0.2, 0) is 11.0 Å². The lowest BCUT2D eigenvalue weighted by atomic mass is 9.87. The van der Waals surface area contributed by atoms with Gasteiger partial charge in [0, 0.05) is 12.6 Å². The van der Waals surface area contributed by atoms with Crippen LogP contribution in [0.3, 0.4) is 0 Å². The number of nitrogens with one attached hydrogen (secondary N) is 2. The van der Waals surface area contributed by atoms with Crippen molar-refractivity contribution >= 4 is 27.5 Å². The SMILES string of the molecule is COc1ccc(-c2sc(NCCC3CCCCC3)nc2C)cc1S(=O)NC1CCC(O)CC1. The third-order valence-electron chi connectivity index (χ3n) is 6.95. The van der Waals surface area contributed by atoms with E-state index in [1.807, 2.05) is 25.1 Å². The summed E-state index contributed by atoms with van der Waals surface area (Å²) >= 11 is 1.66. The number of anilines is 1. The molecule has 2 fully saturated rings. The van der Waals surface area contributed by atoms with Crippen molar-refractivity contribution < 1.29 is 14.1 Å². The number of methoxy groups -OCH3 is 1. The lowest BCUT2D eigenvalue weighted by molar-refractivity contribution is 0.121. The fourth-order valence-electron chi connectivity index (χ4n) is 4.97. The van der Waals surface area contributed by atoms with E-state index in [0.29, 0.717) is 10.6 Å². The zero-order valence-electron chi connectivity index (χ0n) is 19.8. The first kappa shape index (κ1) is 24.6. The molecule has 1 aromatic heterocycles. The fraction of sp³-hybridized carbons (Fsp3) is 0.640. The molecule has 1 unspecified atom stereocenters. The van der Waals surface area contributed by atoms with E-state index in [1.165, 1.54) is 38.5 Å². The Morgan fingerprint density at radius 3 is 2.64 bits per heavy atom. The van der Waals surface area contributed by atoms with E-state index < -0.39 is 11.0 Å². The highest BCUT2D eigenvalue weighted by Crippen LogP contribution is 2.36. The maximum absolute atomic E-state index is 13.2. The highest BCUT2D eigenvalue weighted by Gasteiger charge is 2.23. The number of hydrogen-bond donors (Lipinski definition) is 3. The molecule has 2 saturated carbocycles. The van der Waals surface area contributed by atoms with E-state index in [2.05, 4.69) is 10.0 Å². The Labute approximate surface area is 204 Å². The van der Waals surface area contributed by atoms with Crippen molar-refractivity contribution in [2.45, 2.75) is 88.2 Å². The molecule has 1 atom stereocenters. The average Bonchev–Trinajstić information content (AvgIpc) is 3.21. The molecule has 8 heteroatoms. The van der Waals surface area contributed by atoms with E-state index in [-0.39, 0.29) is 12.1 Å². The van der Waals surface area contributed by atoms with Gasteiger partial charge in [-0.25, -0.2) is 13.9 Å². The maximum atomic E-state index is 13.2. The number of hydrogen-bond acceptors (Lipinski definition) is 6. The summed E-state index contributed by atoms with van der Waals surface area (Å²) in [7, 11) is 0.227. The van der Waals surface area contributed by atoms with Crippen molar-refractivity contribution in [3.05, 3.63) is 23.9 Å². The Kier molecular flexibility index (Phi) is 8.79. The van der Waals surface area contributed by atoms with Crippen molar-refractivity contribution in [3.63, 3.8) is 0 Å². The molecule has 0 aliphatic heterocycles. The number of thiazole rings is 1. The second kappa shape index (κ2) is 11.8. The van der Waals surface area contributed by atoms with Crippen molar-refractivity contribution in [2.24, 2.45) is 5.92 Å². The van der Waals surface area contributed by atoms with Crippen LogP contribution in [0.4, 0.5) is 5.13 Å². The van der Waals surface area contributed by atoms with Crippen molar-refractivity contribution in [2.75, 3.05) is 19.0 Å². The molecule has 0 radical (unpaired) electrons. The van der Waals surface area contributed by atoms with Gasteiger partial charge < -0.3 is 15.2 Å². The molecular weight excluding hydrogens is 454 g/mol. The summed E-state index contributed by atoms with van der Waals surface area (Å²) in [5.41, 5.74) is 1.99. The molecule has 1 heterocycles. The summed E-state index contributed by atoms with van der Waals surface area (Å²) in [4.78, 5) is 6.50. The van der Waals surface area contributed by atoms with Crippen LogP contribution in [0, 0.1) is 12.8 Å². The second-order valence-corrected chi connectivity index (χ2v) is 11.6. The summed E-state index contributed by atoms with van der Waals surface area (Å²) in [6.07, 6.45) is 11.0. The van der Waals surface area contributed by atoms with E-state index in [9.17, 15) is 9.32 Å². The average molecular weight is 492 g/mol. The number of aliphatic hydroxyl groups excluding tert-OH is 1. The lowest BCUT2D eigenvalue weighted by Gasteiger charge is -2.26. The van der Waals surface area contributed by atoms with Crippen molar-refractivity contribution in [1.82, 2.24) is 9.71 Å². The Hall–Kier alpha value is -1.48. The number of benzene rings is 1. The quantitative estimate of drug-likeness (QED) is 0.436. The number of aliphatic hydroxyl groups is 1. The Bertz CT molecular complexity index is 935. The third kappa shape index (κ3) is 6.56. The molecule has 0 amide bonds.